The Hall–Kier alpha value is -0.960. The first-order valence-corrected chi connectivity index (χ1v) is 6.48. The van der Waals surface area contributed by atoms with Crippen LogP contribution in [0.25, 0.3) is 0 Å². The summed E-state index contributed by atoms with van der Waals surface area (Å²) < 4.78 is 0. The lowest BCUT2D eigenvalue weighted by molar-refractivity contribution is -0.122. The average molecular weight is 221 g/mol. The van der Waals surface area contributed by atoms with Crippen molar-refractivity contribution in [3.8, 4) is 0 Å². The van der Waals surface area contributed by atoms with E-state index in [1.54, 1.807) is 11.8 Å². The van der Waals surface area contributed by atoms with Gasteiger partial charge in [0.1, 0.15) is 5.37 Å². The number of carbonyl (C=O) groups excluding carboxylic acids is 1. The van der Waals surface area contributed by atoms with E-state index in [2.05, 4.69) is 5.32 Å². The van der Waals surface area contributed by atoms with E-state index in [4.69, 9.17) is 0 Å². The normalized spacial score (nSPS) is 17.1. The monoisotopic (exact) mass is 221 g/mol. The van der Waals surface area contributed by atoms with Gasteiger partial charge in [-0.15, -0.1) is 11.8 Å². The van der Waals surface area contributed by atoms with Crippen LogP contribution in [0.5, 0.6) is 0 Å². The van der Waals surface area contributed by atoms with Crippen molar-refractivity contribution in [2.45, 2.75) is 18.2 Å². The van der Waals surface area contributed by atoms with Crippen LogP contribution in [0.15, 0.2) is 30.3 Å². The summed E-state index contributed by atoms with van der Waals surface area (Å²) in [5.41, 5.74) is 1.17. The van der Waals surface area contributed by atoms with Crippen molar-refractivity contribution >= 4 is 17.7 Å². The van der Waals surface area contributed by atoms with Gasteiger partial charge in [-0.25, -0.2) is 0 Å². The molecule has 2 rings (SSSR count). The minimum absolute atomic E-state index is 0.0966. The van der Waals surface area contributed by atoms with Crippen molar-refractivity contribution in [3.63, 3.8) is 0 Å². The second-order valence-electron chi connectivity index (χ2n) is 3.81. The number of hydrogen-bond donors (Lipinski definition) is 1. The fourth-order valence-corrected chi connectivity index (χ4v) is 2.16. The molecule has 1 amide bonds. The lowest BCUT2D eigenvalue weighted by Gasteiger charge is -2.16. The Morgan fingerprint density at radius 3 is 2.60 bits per heavy atom. The predicted molar refractivity (Wildman–Crippen MR) is 63.6 cm³/mol. The van der Waals surface area contributed by atoms with Gasteiger partial charge >= 0.3 is 0 Å². The molecule has 1 aliphatic carbocycles. The van der Waals surface area contributed by atoms with Gasteiger partial charge in [0.05, 0.1) is 0 Å². The van der Waals surface area contributed by atoms with Crippen molar-refractivity contribution in [1.29, 1.82) is 0 Å². The number of rotatable bonds is 4. The molecule has 15 heavy (non-hydrogen) atoms. The molecular formula is C12H15NOS. The molecule has 3 heteroatoms. The summed E-state index contributed by atoms with van der Waals surface area (Å²) in [6.45, 7) is 0. The van der Waals surface area contributed by atoms with E-state index in [0.29, 0.717) is 0 Å². The lowest BCUT2D eigenvalue weighted by Crippen LogP contribution is -2.27. The van der Waals surface area contributed by atoms with Gasteiger partial charge in [0.15, 0.2) is 0 Å². The lowest BCUT2D eigenvalue weighted by atomic mass is 10.2. The number of amides is 1. The summed E-state index contributed by atoms with van der Waals surface area (Å²) in [5.74, 6) is 0.488. The van der Waals surface area contributed by atoms with E-state index < -0.39 is 0 Å². The second kappa shape index (κ2) is 4.71. The Bertz CT molecular complexity index is 335. The third kappa shape index (κ3) is 2.75. The summed E-state index contributed by atoms with van der Waals surface area (Å²) in [6, 6.07) is 10.1. The molecule has 1 N–H and O–H groups in total. The van der Waals surface area contributed by atoms with Crippen molar-refractivity contribution in [1.82, 2.24) is 5.32 Å². The SMILES string of the molecule is CS[C@H](NC(=O)C1CC1)c1ccccc1. The maximum Gasteiger partial charge on any atom is 0.224 e. The molecule has 0 heterocycles. The minimum atomic E-state index is 0.0966. The molecule has 0 spiro atoms. The molecule has 1 aromatic carbocycles. The van der Waals surface area contributed by atoms with Crippen LogP contribution in [-0.2, 0) is 4.79 Å². The van der Waals surface area contributed by atoms with E-state index in [0.717, 1.165) is 12.8 Å². The molecule has 0 aromatic heterocycles. The van der Waals surface area contributed by atoms with Crippen LogP contribution < -0.4 is 5.32 Å². The fraction of sp³-hybridized carbons (Fsp3) is 0.417. The Labute approximate surface area is 94.4 Å². The highest BCUT2D eigenvalue weighted by molar-refractivity contribution is 7.98. The Morgan fingerprint density at radius 2 is 2.07 bits per heavy atom. The molecule has 0 radical (unpaired) electrons. The number of thioether (sulfide) groups is 1. The standard InChI is InChI=1S/C12H15NOS/c1-15-12(10-5-3-2-4-6-10)13-11(14)9-7-8-9/h2-6,9,12H,7-8H2,1H3,(H,13,14)/t12-/m0/s1. The molecule has 1 aliphatic rings. The molecule has 2 nitrogen and oxygen atoms in total. The van der Waals surface area contributed by atoms with E-state index in [-0.39, 0.29) is 17.2 Å². The molecule has 1 fully saturated rings. The molecule has 0 saturated heterocycles. The first-order valence-electron chi connectivity index (χ1n) is 5.19. The van der Waals surface area contributed by atoms with Crippen LogP contribution in [0.1, 0.15) is 23.8 Å². The highest BCUT2D eigenvalue weighted by Gasteiger charge is 2.30. The summed E-state index contributed by atoms with van der Waals surface area (Å²) in [5, 5.41) is 3.17. The molecule has 80 valence electrons. The molecule has 0 bridgehead atoms. The van der Waals surface area contributed by atoms with Gasteiger partial charge < -0.3 is 5.32 Å². The summed E-state index contributed by atoms with van der Waals surface area (Å²) in [4.78, 5) is 11.6. The van der Waals surface area contributed by atoms with Gasteiger partial charge in [-0.1, -0.05) is 30.3 Å². The Kier molecular flexibility index (Phi) is 3.31. The van der Waals surface area contributed by atoms with Gasteiger partial charge in [0.25, 0.3) is 0 Å². The van der Waals surface area contributed by atoms with Crippen LogP contribution in [0.4, 0.5) is 0 Å². The maximum absolute atomic E-state index is 11.6. The summed E-state index contributed by atoms with van der Waals surface area (Å²) >= 11 is 1.66. The maximum atomic E-state index is 11.6. The van der Waals surface area contributed by atoms with Crippen molar-refractivity contribution in [2.24, 2.45) is 5.92 Å². The summed E-state index contributed by atoms with van der Waals surface area (Å²) in [6.07, 6.45) is 4.13. The first-order chi connectivity index (χ1) is 7.31. The van der Waals surface area contributed by atoms with E-state index in [1.165, 1.54) is 5.56 Å². The van der Waals surface area contributed by atoms with Crippen molar-refractivity contribution < 1.29 is 4.79 Å². The molecule has 0 unspecified atom stereocenters. The first kappa shape index (κ1) is 10.6. The summed E-state index contributed by atoms with van der Waals surface area (Å²) in [7, 11) is 0. The van der Waals surface area contributed by atoms with Gasteiger partial charge in [0, 0.05) is 5.92 Å². The highest BCUT2D eigenvalue weighted by atomic mass is 32.2. The van der Waals surface area contributed by atoms with E-state index in [1.807, 2.05) is 36.6 Å². The van der Waals surface area contributed by atoms with Crippen molar-refractivity contribution in [3.05, 3.63) is 35.9 Å². The Balaban J connectivity index is 2.00. The Morgan fingerprint density at radius 1 is 1.40 bits per heavy atom. The predicted octanol–water partition coefficient (Wildman–Crippen LogP) is 2.57. The van der Waals surface area contributed by atoms with Gasteiger partial charge in [-0.3, -0.25) is 4.79 Å². The zero-order valence-corrected chi connectivity index (χ0v) is 9.59. The topological polar surface area (TPSA) is 29.1 Å². The van der Waals surface area contributed by atoms with Crippen LogP contribution in [-0.4, -0.2) is 12.2 Å². The molecular weight excluding hydrogens is 206 g/mol. The van der Waals surface area contributed by atoms with Gasteiger partial charge in [-0.2, -0.15) is 0 Å². The van der Waals surface area contributed by atoms with Gasteiger partial charge in [0.2, 0.25) is 5.91 Å². The van der Waals surface area contributed by atoms with Crippen LogP contribution in [0, 0.1) is 5.92 Å². The van der Waals surface area contributed by atoms with Crippen LogP contribution in [0.2, 0.25) is 0 Å². The highest BCUT2D eigenvalue weighted by Crippen LogP contribution is 2.31. The molecule has 1 atom stereocenters. The fourth-order valence-electron chi connectivity index (χ4n) is 1.50. The van der Waals surface area contributed by atoms with E-state index in [9.17, 15) is 4.79 Å². The zero-order valence-electron chi connectivity index (χ0n) is 8.77. The van der Waals surface area contributed by atoms with Crippen molar-refractivity contribution in [2.75, 3.05) is 6.26 Å². The number of benzene rings is 1. The van der Waals surface area contributed by atoms with Gasteiger partial charge in [-0.05, 0) is 24.7 Å². The molecule has 0 aliphatic heterocycles. The largest absolute Gasteiger partial charge is 0.340 e. The molecule has 1 aromatic rings. The second-order valence-corrected chi connectivity index (χ2v) is 4.75. The van der Waals surface area contributed by atoms with E-state index >= 15 is 0 Å². The number of nitrogens with one attached hydrogen (secondary N) is 1. The van der Waals surface area contributed by atoms with Crippen LogP contribution >= 0.6 is 11.8 Å². The number of carbonyl (C=O) groups is 1. The molecule has 1 saturated carbocycles. The third-order valence-corrected chi connectivity index (χ3v) is 3.42. The average Bonchev–Trinajstić information content (AvgIpc) is 3.10. The smallest absolute Gasteiger partial charge is 0.224 e. The quantitative estimate of drug-likeness (QED) is 0.792. The zero-order chi connectivity index (χ0) is 10.7. The van der Waals surface area contributed by atoms with Crippen LogP contribution in [0.3, 0.4) is 0 Å². The minimum Gasteiger partial charge on any atom is -0.340 e. The number of hydrogen-bond acceptors (Lipinski definition) is 2. The third-order valence-electron chi connectivity index (χ3n) is 2.56.